The summed E-state index contributed by atoms with van der Waals surface area (Å²) in [6.07, 6.45) is 1.35. The summed E-state index contributed by atoms with van der Waals surface area (Å²) in [4.78, 5) is 27.0. The Labute approximate surface area is 110 Å². The van der Waals surface area contributed by atoms with Crippen LogP contribution in [-0.4, -0.2) is 62.0 Å². The molecule has 0 aliphatic carbocycles. The third-order valence-corrected chi connectivity index (χ3v) is 2.51. The normalized spacial score (nSPS) is 10.5. The summed E-state index contributed by atoms with van der Waals surface area (Å²) < 4.78 is 4.81. The van der Waals surface area contributed by atoms with E-state index in [-0.39, 0.29) is 24.7 Å². The first-order valence-corrected chi connectivity index (χ1v) is 6.59. The van der Waals surface area contributed by atoms with Crippen molar-refractivity contribution in [3.63, 3.8) is 0 Å². The molecule has 0 N–H and O–H groups in total. The first-order chi connectivity index (χ1) is 8.51. The molecule has 18 heavy (non-hydrogen) atoms. The van der Waals surface area contributed by atoms with E-state index in [4.69, 9.17) is 4.74 Å². The average Bonchev–Trinajstić information content (AvgIpc) is 2.31. The van der Waals surface area contributed by atoms with Crippen molar-refractivity contribution in [1.82, 2.24) is 9.80 Å². The highest BCUT2D eigenvalue weighted by atomic mass is 16.5. The molecule has 0 radical (unpaired) electrons. The number of hydrogen-bond acceptors (Lipinski definition) is 4. The van der Waals surface area contributed by atoms with Gasteiger partial charge in [0.25, 0.3) is 0 Å². The first kappa shape index (κ1) is 16.9. The molecule has 0 saturated carbocycles. The van der Waals surface area contributed by atoms with Crippen LogP contribution in [0.25, 0.3) is 0 Å². The Morgan fingerprint density at radius 2 is 1.67 bits per heavy atom. The highest BCUT2D eigenvalue weighted by Crippen LogP contribution is 2.01. The van der Waals surface area contributed by atoms with Crippen LogP contribution in [0.5, 0.6) is 0 Å². The summed E-state index contributed by atoms with van der Waals surface area (Å²) in [6.45, 7) is 6.47. The van der Waals surface area contributed by atoms with Gasteiger partial charge in [-0.1, -0.05) is 6.92 Å². The van der Waals surface area contributed by atoms with Crippen LogP contribution < -0.4 is 0 Å². The van der Waals surface area contributed by atoms with Gasteiger partial charge in [0.2, 0.25) is 5.91 Å². The van der Waals surface area contributed by atoms with Crippen molar-refractivity contribution < 1.29 is 14.3 Å². The van der Waals surface area contributed by atoms with Gasteiger partial charge in [-0.25, -0.2) is 0 Å². The number of rotatable bonds is 9. The highest BCUT2D eigenvalue weighted by Gasteiger charge is 2.14. The number of likely N-dealkylation sites (N-methyl/N-ethyl adjacent to an activating group) is 1. The lowest BCUT2D eigenvalue weighted by Crippen LogP contribution is -2.37. The zero-order chi connectivity index (χ0) is 14.0. The number of carbonyl (C=O) groups is 2. The maximum Gasteiger partial charge on any atom is 0.306 e. The van der Waals surface area contributed by atoms with E-state index < -0.39 is 0 Å². The van der Waals surface area contributed by atoms with Crippen LogP contribution in [0.2, 0.25) is 0 Å². The third kappa shape index (κ3) is 8.06. The number of esters is 1. The second kappa shape index (κ2) is 9.88. The predicted octanol–water partition coefficient (Wildman–Crippen LogP) is 1.13. The number of hydrogen-bond donors (Lipinski definition) is 0. The van der Waals surface area contributed by atoms with Crippen molar-refractivity contribution in [1.29, 1.82) is 0 Å². The molecule has 0 saturated heterocycles. The summed E-state index contributed by atoms with van der Waals surface area (Å²) in [7, 11) is 3.96. The van der Waals surface area contributed by atoms with Crippen molar-refractivity contribution in [3.05, 3.63) is 0 Å². The van der Waals surface area contributed by atoms with Crippen LogP contribution in [-0.2, 0) is 14.3 Å². The largest absolute Gasteiger partial charge is 0.466 e. The van der Waals surface area contributed by atoms with E-state index in [0.717, 1.165) is 19.5 Å². The molecule has 0 spiro atoms. The molecule has 0 aromatic carbocycles. The summed E-state index contributed by atoms with van der Waals surface area (Å²) in [5, 5.41) is 0. The molecule has 5 heteroatoms. The van der Waals surface area contributed by atoms with Gasteiger partial charge in [-0.05, 0) is 27.4 Å². The SMILES string of the molecule is CCCN(CCN(C)C)C(=O)CCC(=O)OCC. The summed E-state index contributed by atoms with van der Waals surface area (Å²) >= 11 is 0. The lowest BCUT2D eigenvalue weighted by Gasteiger charge is -2.23. The maximum absolute atomic E-state index is 12.0. The van der Waals surface area contributed by atoms with Crippen LogP contribution in [0.4, 0.5) is 0 Å². The summed E-state index contributed by atoms with van der Waals surface area (Å²) in [6, 6.07) is 0. The van der Waals surface area contributed by atoms with Gasteiger partial charge in [0, 0.05) is 26.1 Å². The van der Waals surface area contributed by atoms with Crippen molar-refractivity contribution in [2.45, 2.75) is 33.1 Å². The number of nitrogens with zero attached hydrogens (tertiary/aromatic N) is 2. The molecule has 0 aromatic heterocycles. The van der Waals surface area contributed by atoms with E-state index in [1.807, 2.05) is 30.8 Å². The fourth-order valence-electron chi connectivity index (χ4n) is 1.55. The molecule has 0 unspecified atom stereocenters. The Morgan fingerprint density at radius 3 is 2.17 bits per heavy atom. The van der Waals surface area contributed by atoms with Gasteiger partial charge < -0.3 is 14.5 Å². The van der Waals surface area contributed by atoms with E-state index in [1.165, 1.54) is 0 Å². The van der Waals surface area contributed by atoms with E-state index in [9.17, 15) is 9.59 Å². The zero-order valence-electron chi connectivity index (χ0n) is 12.1. The van der Waals surface area contributed by atoms with Gasteiger partial charge in [-0.15, -0.1) is 0 Å². The molecule has 5 nitrogen and oxygen atoms in total. The molecule has 0 aliphatic heterocycles. The Hall–Kier alpha value is -1.10. The van der Waals surface area contributed by atoms with E-state index >= 15 is 0 Å². The van der Waals surface area contributed by atoms with Crippen molar-refractivity contribution in [2.24, 2.45) is 0 Å². The van der Waals surface area contributed by atoms with Gasteiger partial charge in [-0.3, -0.25) is 9.59 Å². The molecule has 0 fully saturated rings. The minimum atomic E-state index is -0.296. The minimum absolute atomic E-state index is 0.0340. The fraction of sp³-hybridized carbons (Fsp3) is 0.846. The van der Waals surface area contributed by atoms with Gasteiger partial charge in [0.1, 0.15) is 0 Å². The Kier molecular flexibility index (Phi) is 9.28. The van der Waals surface area contributed by atoms with Crippen molar-refractivity contribution in [2.75, 3.05) is 40.3 Å². The molecule has 0 rings (SSSR count). The van der Waals surface area contributed by atoms with Gasteiger partial charge in [0.15, 0.2) is 0 Å². The lowest BCUT2D eigenvalue weighted by molar-refractivity contribution is -0.145. The summed E-state index contributed by atoms with van der Waals surface area (Å²) in [5.41, 5.74) is 0. The van der Waals surface area contributed by atoms with E-state index in [0.29, 0.717) is 13.2 Å². The molecule has 0 atom stereocenters. The van der Waals surface area contributed by atoms with Crippen LogP contribution >= 0.6 is 0 Å². The van der Waals surface area contributed by atoms with Gasteiger partial charge >= 0.3 is 5.97 Å². The van der Waals surface area contributed by atoms with E-state index in [2.05, 4.69) is 0 Å². The number of carbonyl (C=O) groups excluding carboxylic acids is 2. The number of ether oxygens (including phenoxy) is 1. The Bertz CT molecular complexity index is 255. The highest BCUT2D eigenvalue weighted by molar-refractivity contribution is 5.81. The monoisotopic (exact) mass is 258 g/mol. The lowest BCUT2D eigenvalue weighted by atomic mass is 10.2. The second-order valence-corrected chi connectivity index (χ2v) is 4.49. The van der Waals surface area contributed by atoms with Gasteiger partial charge in [-0.2, -0.15) is 0 Å². The van der Waals surface area contributed by atoms with Crippen LogP contribution in [0.3, 0.4) is 0 Å². The topological polar surface area (TPSA) is 49.9 Å². The molecule has 0 aromatic rings. The second-order valence-electron chi connectivity index (χ2n) is 4.49. The molecule has 0 aliphatic rings. The molecular weight excluding hydrogens is 232 g/mol. The zero-order valence-corrected chi connectivity index (χ0v) is 12.1. The quantitative estimate of drug-likeness (QED) is 0.582. The Morgan fingerprint density at radius 1 is 1.00 bits per heavy atom. The Balaban J connectivity index is 4.08. The van der Waals surface area contributed by atoms with Crippen molar-refractivity contribution in [3.8, 4) is 0 Å². The smallest absolute Gasteiger partial charge is 0.306 e. The number of amides is 1. The van der Waals surface area contributed by atoms with Crippen molar-refractivity contribution >= 4 is 11.9 Å². The third-order valence-electron chi connectivity index (χ3n) is 2.51. The van der Waals surface area contributed by atoms with Gasteiger partial charge in [0.05, 0.1) is 13.0 Å². The standard InChI is InChI=1S/C13H26N2O3/c1-5-9-15(11-10-14(3)4)12(16)7-8-13(17)18-6-2/h5-11H2,1-4H3. The molecule has 0 heterocycles. The fourth-order valence-corrected chi connectivity index (χ4v) is 1.55. The average molecular weight is 258 g/mol. The van der Waals surface area contributed by atoms with Crippen LogP contribution in [0.1, 0.15) is 33.1 Å². The first-order valence-electron chi connectivity index (χ1n) is 6.59. The van der Waals surface area contributed by atoms with Crippen LogP contribution in [0, 0.1) is 0 Å². The maximum atomic E-state index is 12.0. The molecule has 0 bridgehead atoms. The predicted molar refractivity (Wildman–Crippen MR) is 71.3 cm³/mol. The van der Waals surface area contributed by atoms with E-state index in [1.54, 1.807) is 6.92 Å². The molecule has 106 valence electrons. The van der Waals surface area contributed by atoms with Crippen LogP contribution in [0.15, 0.2) is 0 Å². The molecular formula is C13H26N2O3. The minimum Gasteiger partial charge on any atom is -0.466 e. The molecule has 1 amide bonds. The summed E-state index contributed by atoms with van der Waals surface area (Å²) in [5.74, 6) is -0.262.